The summed E-state index contributed by atoms with van der Waals surface area (Å²) >= 11 is 0. The number of carbonyl (C=O) groups excluding carboxylic acids is 1. The molecule has 68 valence electrons. The molecule has 0 bridgehead atoms. The minimum absolute atomic E-state index is 0.197. The Labute approximate surface area is 77.2 Å². The zero-order valence-electron chi connectivity index (χ0n) is 7.36. The van der Waals surface area contributed by atoms with Gasteiger partial charge in [0.15, 0.2) is 5.78 Å². The molecule has 2 heteroatoms. The fraction of sp³-hybridized carbons (Fsp3) is 0.364. The molecule has 0 heterocycles. The Morgan fingerprint density at radius 1 is 1.31 bits per heavy atom. The molecule has 0 amide bonds. The van der Waals surface area contributed by atoms with Crippen molar-refractivity contribution in [2.75, 3.05) is 0 Å². The van der Waals surface area contributed by atoms with E-state index in [2.05, 4.69) is 0 Å². The third-order valence-electron chi connectivity index (χ3n) is 2.36. The van der Waals surface area contributed by atoms with Crippen LogP contribution in [0, 0.1) is 5.92 Å². The number of hydrogen-bond donors (Lipinski definition) is 1. The van der Waals surface area contributed by atoms with Crippen molar-refractivity contribution in [1.82, 2.24) is 0 Å². The van der Waals surface area contributed by atoms with Crippen molar-refractivity contribution in [3.63, 3.8) is 0 Å². The van der Waals surface area contributed by atoms with Crippen molar-refractivity contribution in [3.8, 4) is 5.75 Å². The molecule has 2 nitrogen and oxygen atoms in total. The Morgan fingerprint density at radius 2 is 1.92 bits per heavy atom. The summed E-state index contributed by atoms with van der Waals surface area (Å²) in [5.74, 6) is 1.03. The smallest absolute Gasteiger partial charge is 0.163 e. The van der Waals surface area contributed by atoms with Gasteiger partial charge in [-0.1, -0.05) is 0 Å². The van der Waals surface area contributed by atoms with Gasteiger partial charge in [0, 0.05) is 12.0 Å². The molecule has 0 aliphatic heterocycles. The van der Waals surface area contributed by atoms with E-state index in [0.29, 0.717) is 17.9 Å². The average molecular weight is 176 g/mol. The Hall–Kier alpha value is -1.31. The van der Waals surface area contributed by atoms with E-state index in [-0.39, 0.29) is 11.5 Å². The Bertz CT molecular complexity index is 309. The molecule has 1 aliphatic carbocycles. The summed E-state index contributed by atoms with van der Waals surface area (Å²) < 4.78 is 0. The molecule has 1 fully saturated rings. The molecule has 0 atom stereocenters. The molecule has 1 aromatic carbocycles. The quantitative estimate of drug-likeness (QED) is 0.718. The molecule has 13 heavy (non-hydrogen) atoms. The monoisotopic (exact) mass is 176 g/mol. The molecular weight excluding hydrogens is 164 g/mol. The van der Waals surface area contributed by atoms with Crippen LogP contribution >= 0.6 is 0 Å². The van der Waals surface area contributed by atoms with Crippen LogP contribution in [0.4, 0.5) is 0 Å². The largest absolute Gasteiger partial charge is 0.508 e. The van der Waals surface area contributed by atoms with Crippen LogP contribution in [0.2, 0.25) is 0 Å². The third-order valence-corrected chi connectivity index (χ3v) is 2.36. The van der Waals surface area contributed by atoms with Gasteiger partial charge in [-0.3, -0.25) is 4.79 Å². The van der Waals surface area contributed by atoms with Crippen LogP contribution < -0.4 is 0 Å². The van der Waals surface area contributed by atoms with Crippen molar-refractivity contribution in [1.29, 1.82) is 0 Å². The number of carbonyl (C=O) groups is 1. The lowest BCUT2D eigenvalue weighted by Gasteiger charge is -1.98. The topological polar surface area (TPSA) is 37.3 Å². The maximum absolute atomic E-state index is 11.5. The molecule has 1 aromatic rings. The van der Waals surface area contributed by atoms with Crippen molar-refractivity contribution >= 4 is 5.78 Å². The number of Topliss-reactive ketones (excluding diaryl/α,β-unsaturated/α-hetero) is 1. The van der Waals surface area contributed by atoms with E-state index >= 15 is 0 Å². The minimum atomic E-state index is 0.197. The van der Waals surface area contributed by atoms with Crippen molar-refractivity contribution in [2.24, 2.45) is 5.92 Å². The van der Waals surface area contributed by atoms with E-state index in [9.17, 15) is 4.79 Å². The van der Waals surface area contributed by atoms with Crippen LogP contribution in [0.25, 0.3) is 0 Å². The van der Waals surface area contributed by atoms with E-state index < -0.39 is 0 Å². The van der Waals surface area contributed by atoms with Gasteiger partial charge in [-0.15, -0.1) is 0 Å². The number of benzene rings is 1. The summed E-state index contributed by atoms with van der Waals surface area (Å²) in [4.78, 5) is 11.5. The Kier molecular flexibility index (Phi) is 2.05. The molecular formula is C11H12O2. The zero-order valence-corrected chi connectivity index (χ0v) is 7.36. The predicted octanol–water partition coefficient (Wildman–Crippen LogP) is 2.38. The van der Waals surface area contributed by atoms with Crippen molar-refractivity contribution in [2.45, 2.75) is 19.3 Å². The minimum Gasteiger partial charge on any atom is -0.508 e. The van der Waals surface area contributed by atoms with Crippen LogP contribution in [-0.4, -0.2) is 10.9 Å². The first-order chi connectivity index (χ1) is 6.25. The van der Waals surface area contributed by atoms with Gasteiger partial charge in [0.1, 0.15) is 5.75 Å². The summed E-state index contributed by atoms with van der Waals surface area (Å²) in [5, 5.41) is 9.02. The number of rotatable bonds is 3. The summed E-state index contributed by atoms with van der Waals surface area (Å²) in [6, 6.07) is 6.47. The van der Waals surface area contributed by atoms with E-state index in [1.54, 1.807) is 24.3 Å². The Morgan fingerprint density at radius 3 is 2.46 bits per heavy atom. The maximum Gasteiger partial charge on any atom is 0.163 e. The molecule has 1 saturated carbocycles. The van der Waals surface area contributed by atoms with Crippen LogP contribution in [0.5, 0.6) is 5.75 Å². The fourth-order valence-corrected chi connectivity index (χ4v) is 1.35. The van der Waals surface area contributed by atoms with E-state index in [1.807, 2.05) is 0 Å². The van der Waals surface area contributed by atoms with Gasteiger partial charge in [-0.2, -0.15) is 0 Å². The number of phenols is 1. The number of phenolic OH excluding ortho intramolecular Hbond substituents is 1. The molecule has 0 unspecified atom stereocenters. The molecule has 1 aliphatic rings. The zero-order chi connectivity index (χ0) is 9.26. The summed E-state index contributed by atoms with van der Waals surface area (Å²) in [6.07, 6.45) is 3.07. The third kappa shape index (κ3) is 2.08. The van der Waals surface area contributed by atoms with E-state index in [4.69, 9.17) is 5.11 Å². The summed E-state index contributed by atoms with van der Waals surface area (Å²) in [7, 11) is 0. The first-order valence-corrected chi connectivity index (χ1v) is 4.58. The first kappa shape index (κ1) is 8.30. The van der Waals surface area contributed by atoms with Gasteiger partial charge in [0.2, 0.25) is 0 Å². The van der Waals surface area contributed by atoms with Gasteiger partial charge >= 0.3 is 0 Å². The lowest BCUT2D eigenvalue weighted by atomic mass is 10.1. The highest BCUT2D eigenvalue weighted by atomic mass is 16.3. The number of ketones is 1. The molecule has 2 rings (SSSR count). The highest BCUT2D eigenvalue weighted by molar-refractivity contribution is 5.96. The van der Waals surface area contributed by atoms with Gasteiger partial charge in [-0.05, 0) is 43.0 Å². The van der Waals surface area contributed by atoms with Gasteiger partial charge in [-0.25, -0.2) is 0 Å². The van der Waals surface area contributed by atoms with Crippen molar-refractivity contribution < 1.29 is 9.90 Å². The van der Waals surface area contributed by atoms with E-state index in [1.165, 1.54) is 12.8 Å². The van der Waals surface area contributed by atoms with Crippen LogP contribution in [0.3, 0.4) is 0 Å². The standard InChI is InChI=1S/C11H12O2/c12-10-5-3-9(4-6-10)11(13)7-8-1-2-8/h3-6,8,12H,1-2,7H2. The lowest BCUT2D eigenvalue weighted by Crippen LogP contribution is -1.99. The van der Waals surface area contributed by atoms with Crippen LogP contribution in [0.15, 0.2) is 24.3 Å². The van der Waals surface area contributed by atoms with Gasteiger partial charge in [0.25, 0.3) is 0 Å². The molecule has 0 aromatic heterocycles. The Balaban J connectivity index is 2.05. The lowest BCUT2D eigenvalue weighted by molar-refractivity contribution is 0.0976. The van der Waals surface area contributed by atoms with Crippen LogP contribution in [-0.2, 0) is 0 Å². The highest BCUT2D eigenvalue weighted by Gasteiger charge is 2.24. The first-order valence-electron chi connectivity index (χ1n) is 4.58. The average Bonchev–Trinajstić information content (AvgIpc) is 2.89. The highest BCUT2D eigenvalue weighted by Crippen LogP contribution is 2.33. The fourth-order valence-electron chi connectivity index (χ4n) is 1.35. The molecule has 0 radical (unpaired) electrons. The second kappa shape index (κ2) is 3.21. The second-order valence-electron chi connectivity index (χ2n) is 3.62. The maximum atomic E-state index is 11.5. The normalized spacial score (nSPS) is 15.7. The summed E-state index contributed by atoms with van der Waals surface area (Å²) in [5.41, 5.74) is 0.713. The van der Waals surface area contributed by atoms with Gasteiger partial charge < -0.3 is 5.11 Å². The van der Waals surface area contributed by atoms with Crippen molar-refractivity contribution in [3.05, 3.63) is 29.8 Å². The predicted molar refractivity (Wildman–Crippen MR) is 49.8 cm³/mol. The molecule has 0 spiro atoms. The number of aromatic hydroxyl groups is 1. The second-order valence-corrected chi connectivity index (χ2v) is 3.62. The van der Waals surface area contributed by atoms with Crippen LogP contribution in [0.1, 0.15) is 29.6 Å². The van der Waals surface area contributed by atoms with E-state index in [0.717, 1.165) is 0 Å². The van der Waals surface area contributed by atoms with Gasteiger partial charge in [0.05, 0.1) is 0 Å². The number of hydrogen-bond acceptors (Lipinski definition) is 2. The molecule has 1 N–H and O–H groups in total. The molecule has 0 saturated heterocycles. The SMILES string of the molecule is O=C(CC1CC1)c1ccc(O)cc1. The summed E-state index contributed by atoms with van der Waals surface area (Å²) in [6.45, 7) is 0.